The van der Waals surface area contributed by atoms with Crippen molar-refractivity contribution in [2.45, 2.75) is 13.8 Å². The highest BCUT2D eigenvalue weighted by molar-refractivity contribution is 8.60. The van der Waals surface area contributed by atoms with Gasteiger partial charge in [-0.15, -0.1) is 0 Å². The average molecular weight is 310 g/mol. The van der Waals surface area contributed by atoms with E-state index in [1.165, 1.54) is 11.1 Å². The van der Waals surface area contributed by atoms with Gasteiger partial charge in [0.2, 0.25) is 0 Å². The number of benzene rings is 2. The molecule has 0 aromatic heterocycles. The summed E-state index contributed by atoms with van der Waals surface area (Å²) < 4.78 is 11.3. The van der Waals surface area contributed by atoms with Gasteiger partial charge in [-0.25, -0.2) is 0 Å². The van der Waals surface area contributed by atoms with Gasteiger partial charge in [0.1, 0.15) is 11.5 Å². The number of hydrogen-bond acceptors (Lipinski definition) is 3. The van der Waals surface area contributed by atoms with Crippen molar-refractivity contribution >= 4 is 29.7 Å². The van der Waals surface area contributed by atoms with Crippen molar-refractivity contribution in [3.8, 4) is 11.5 Å². The second-order valence-corrected chi connectivity index (χ2v) is 9.41. The van der Waals surface area contributed by atoms with Gasteiger partial charge >= 0.3 is 5.69 Å². The zero-order chi connectivity index (χ0) is 13.9. The molecule has 2 aromatic rings. The Balaban J connectivity index is 2.08. The lowest BCUT2D eigenvalue weighted by atomic mass is 10.2. The summed E-state index contributed by atoms with van der Waals surface area (Å²) in [6, 6.07) is 15.3. The predicted molar refractivity (Wildman–Crippen MR) is 86.9 cm³/mol. The van der Waals surface area contributed by atoms with Crippen molar-refractivity contribution in [3.05, 3.63) is 59.7 Å². The summed E-state index contributed by atoms with van der Waals surface area (Å²) in [4.78, 5) is 0. The molecule has 0 fully saturated rings. The molecular formula is C14H15O2PS2. The molecule has 2 nitrogen and oxygen atoms in total. The van der Waals surface area contributed by atoms with E-state index in [1.807, 2.05) is 62.4 Å². The van der Waals surface area contributed by atoms with E-state index in [4.69, 9.17) is 20.9 Å². The van der Waals surface area contributed by atoms with E-state index in [-0.39, 0.29) is 0 Å². The highest BCUT2D eigenvalue weighted by atomic mass is 32.9. The molecule has 19 heavy (non-hydrogen) atoms. The van der Waals surface area contributed by atoms with E-state index in [2.05, 4.69) is 12.2 Å². The van der Waals surface area contributed by atoms with Gasteiger partial charge in [0.05, 0.1) is 0 Å². The molecule has 2 aromatic carbocycles. The van der Waals surface area contributed by atoms with Crippen LogP contribution in [0.5, 0.6) is 11.5 Å². The van der Waals surface area contributed by atoms with Crippen LogP contribution in [-0.4, -0.2) is 0 Å². The second-order valence-electron chi connectivity index (χ2n) is 4.28. The molecule has 0 radical (unpaired) electrons. The van der Waals surface area contributed by atoms with Gasteiger partial charge in [0.15, 0.2) is 0 Å². The molecule has 0 heterocycles. The summed E-state index contributed by atoms with van der Waals surface area (Å²) in [6.07, 6.45) is 0. The van der Waals surface area contributed by atoms with E-state index < -0.39 is 5.69 Å². The minimum atomic E-state index is -2.64. The van der Waals surface area contributed by atoms with Crippen molar-refractivity contribution in [3.63, 3.8) is 0 Å². The van der Waals surface area contributed by atoms with Gasteiger partial charge in [-0.05, 0) is 49.9 Å². The van der Waals surface area contributed by atoms with Crippen LogP contribution in [0.15, 0.2) is 48.5 Å². The summed E-state index contributed by atoms with van der Waals surface area (Å²) in [5.74, 6) is 1.35. The highest BCUT2D eigenvalue weighted by Crippen LogP contribution is 2.52. The maximum atomic E-state index is 5.66. The largest absolute Gasteiger partial charge is 0.428 e. The minimum Gasteiger partial charge on any atom is -0.428 e. The van der Waals surface area contributed by atoms with E-state index in [0.717, 1.165) is 0 Å². The first kappa shape index (κ1) is 14.4. The fourth-order valence-electron chi connectivity index (χ4n) is 1.48. The molecule has 0 saturated carbocycles. The van der Waals surface area contributed by atoms with Crippen LogP contribution in [0.4, 0.5) is 0 Å². The Bertz CT molecular complexity index is 542. The second kappa shape index (κ2) is 6.00. The van der Waals surface area contributed by atoms with Crippen LogP contribution in [0, 0.1) is 13.8 Å². The molecule has 0 spiro atoms. The predicted octanol–water partition coefficient (Wildman–Crippen LogP) is 4.92. The summed E-state index contributed by atoms with van der Waals surface area (Å²) in [7, 11) is 0. The normalized spacial score (nSPS) is 11.1. The van der Waals surface area contributed by atoms with Crippen LogP contribution in [-0.2, 0) is 11.8 Å². The van der Waals surface area contributed by atoms with Gasteiger partial charge in [-0.1, -0.05) is 47.6 Å². The zero-order valence-corrected chi connectivity index (χ0v) is 13.3. The van der Waals surface area contributed by atoms with Crippen LogP contribution in [0.25, 0.3) is 0 Å². The molecule has 5 heteroatoms. The minimum absolute atomic E-state index is 0.677. The fourth-order valence-corrected chi connectivity index (χ4v) is 3.38. The molecule has 2 rings (SSSR count). The maximum Gasteiger partial charge on any atom is 0.345 e. The van der Waals surface area contributed by atoms with Gasteiger partial charge in [-0.3, -0.25) is 0 Å². The van der Waals surface area contributed by atoms with Crippen LogP contribution in [0.2, 0.25) is 0 Å². The lowest BCUT2D eigenvalue weighted by Gasteiger charge is -2.18. The lowest BCUT2D eigenvalue weighted by molar-refractivity contribution is 0.507. The van der Waals surface area contributed by atoms with Gasteiger partial charge in [0, 0.05) is 0 Å². The summed E-state index contributed by atoms with van der Waals surface area (Å²) in [5.41, 5.74) is -0.307. The standard InChI is InChI=1S/C14H15O2PS2/c1-11-3-7-13(8-4-11)15-17(18,19)16-14-9-5-12(2)6-10-14/h3-10H,1-2H3,(H,18,19). The van der Waals surface area contributed by atoms with Crippen LogP contribution >= 0.6 is 17.9 Å². The zero-order valence-electron chi connectivity index (χ0n) is 10.7. The fraction of sp³-hybridized carbons (Fsp3) is 0.143. The van der Waals surface area contributed by atoms with Crippen molar-refractivity contribution in [1.29, 1.82) is 0 Å². The lowest BCUT2D eigenvalue weighted by Crippen LogP contribution is -1.95. The topological polar surface area (TPSA) is 18.5 Å². The van der Waals surface area contributed by atoms with E-state index >= 15 is 0 Å². The molecule has 0 aliphatic heterocycles. The third-order valence-electron chi connectivity index (χ3n) is 2.48. The number of hydrogen-bond donors (Lipinski definition) is 1. The third kappa shape index (κ3) is 4.57. The maximum absolute atomic E-state index is 5.66. The smallest absolute Gasteiger partial charge is 0.345 e. The number of aryl methyl sites for hydroxylation is 2. The van der Waals surface area contributed by atoms with E-state index in [0.29, 0.717) is 11.5 Å². The first-order valence-corrected chi connectivity index (χ1v) is 9.59. The molecule has 0 saturated heterocycles. The van der Waals surface area contributed by atoms with Crippen LogP contribution < -0.4 is 9.05 Å². The summed E-state index contributed by atoms with van der Waals surface area (Å²) in [5, 5.41) is 0. The Labute approximate surface area is 124 Å². The number of rotatable bonds is 4. The van der Waals surface area contributed by atoms with E-state index in [9.17, 15) is 0 Å². The van der Waals surface area contributed by atoms with Crippen molar-refractivity contribution in [2.24, 2.45) is 0 Å². The molecule has 0 amide bonds. The quantitative estimate of drug-likeness (QED) is 0.639. The monoisotopic (exact) mass is 310 g/mol. The highest BCUT2D eigenvalue weighted by Gasteiger charge is 2.16. The molecule has 0 atom stereocenters. The molecule has 100 valence electrons. The SMILES string of the molecule is Cc1ccc(OP(=S)(S)Oc2ccc(C)cc2)cc1. The molecule has 0 bridgehead atoms. The Morgan fingerprint density at radius 1 is 0.789 bits per heavy atom. The first-order chi connectivity index (χ1) is 8.94. The summed E-state index contributed by atoms with van der Waals surface area (Å²) in [6.45, 7) is 4.03. The molecular weight excluding hydrogens is 295 g/mol. The Morgan fingerprint density at radius 2 is 1.11 bits per heavy atom. The van der Waals surface area contributed by atoms with E-state index in [1.54, 1.807) is 0 Å². The Morgan fingerprint density at radius 3 is 1.42 bits per heavy atom. The van der Waals surface area contributed by atoms with Gasteiger partial charge in [0.25, 0.3) is 0 Å². The molecule has 0 aliphatic carbocycles. The summed E-state index contributed by atoms with van der Waals surface area (Å²) >= 11 is 9.65. The molecule has 0 N–H and O–H groups in total. The Kier molecular flexibility index (Phi) is 4.56. The first-order valence-electron chi connectivity index (χ1n) is 5.80. The third-order valence-corrected chi connectivity index (χ3v) is 4.30. The van der Waals surface area contributed by atoms with Crippen molar-refractivity contribution in [1.82, 2.24) is 0 Å². The van der Waals surface area contributed by atoms with Crippen molar-refractivity contribution < 1.29 is 9.05 Å². The Hall–Kier alpha value is -0.960. The average Bonchev–Trinajstić information content (AvgIpc) is 2.34. The molecule has 0 unspecified atom stereocenters. The van der Waals surface area contributed by atoms with Crippen LogP contribution in [0.1, 0.15) is 11.1 Å². The van der Waals surface area contributed by atoms with Crippen LogP contribution in [0.3, 0.4) is 0 Å². The van der Waals surface area contributed by atoms with Crippen molar-refractivity contribution in [2.75, 3.05) is 0 Å². The number of thiol groups is 1. The van der Waals surface area contributed by atoms with Gasteiger partial charge in [-0.2, -0.15) is 0 Å². The van der Waals surface area contributed by atoms with Gasteiger partial charge < -0.3 is 9.05 Å². The molecule has 0 aliphatic rings.